The van der Waals surface area contributed by atoms with Crippen LogP contribution in [0.25, 0.3) is 0 Å². The highest BCUT2D eigenvalue weighted by Gasteiger charge is 2.11. The summed E-state index contributed by atoms with van der Waals surface area (Å²) in [5, 5.41) is 0. The lowest BCUT2D eigenvalue weighted by Gasteiger charge is -2.12. The third kappa shape index (κ3) is 14.5. The van der Waals surface area contributed by atoms with Crippen LogP contribution in [0, 0.1) is 5.92 Å². The molecule has 4 heteroatoms. The first-order valence-corrected chi connectivity index (χ1v) is 9.77. The van der Waals surface area contributed by atoms with Gasteiger partial charge in [-0.25, -0.2) is 0 Å². The molecule has 24 heavy (non-hydrogen) atoms. The lowest BCUT2D eigenvalue weighted by Crippen LogP contribution is -2.09. The number of carbonyl (C=O) groups excluding carboxylic acids is 2. The van der Waals surface area contributed by atoms with Gasteiger partial charge in [-0.3, -0.25) is 9.59 Å². The summed E-state index contributed by atoms with van der Waals surface area (Å²) < 4.78 is 9.37. The molecule has 4 nitrogen and oxygen atoms in total. The molecule has 0 spiro atoms. The molecule has 0 N–H and O–H groups in total. The molecule has 1 atom stereocenters. The summed E-state index contributed by atoms with van der Waals surface area (Å²) in [7, 11) is 2.91. The van der Waals surface area contributed by atoms with Gasteiger partial charge in [-0.15, -0.1) is 0 Å². The van der Waals surface area contributed by atoms with E-state index in [1.807, 2.05) is 0 Å². The van der Waals surface area contributed by atoms with Gasteiger partial charge in [-0.2, -0.15) is 0 Å². The molecule has 0 aliphatic rings. The van der Waals surface area contributed by atoms with Crippen LogP contribution in [0.5, 0.6) is 0 Å². The van der Waals surface area contributed by atoms with Gasteiger partial charge in [-0.1, -0.05) is 71.1 Å². The van der Waals surface area contributed by atoms with Gasteiger partial charge >= 0.3 is 11.9 Å². The fourth-order valence-corrected chi connectivity index (χ4v) is 2.99. The maximum absolute atomic E-state index is 11.3. The van der Waals surface area contributed by atoms with Crippen LogP contribution >= 0.6 is 0 Å². The van der Waals surface area contributed by atoms with Gasteiger partial charge in [0.2, 0.25) is 0 Å². The van der Waals surface area contributed by atoms with Gasteiger partial charge in [0.15, 0.2) is 0 Å². The summed E-state index contributed by atoms with van der Waals surface area (Å²) in [5.74, 6) is 0.322. The fraction of sp³-hybridized carbons (Fsp3) is 0.900. The smallest absolute Gasteiger partial charge is 0.305 e. The number of unbranched alkanes of at least 4 members (excludes halogenated alkanes) is 9. The van der Waals surface area contributed by atoms with Crippen LogP contribution in [0.3, 0.4) is 0 Å². The molecule has 0 radical (unpaired) electrons. The van der Waals surface area contributed by atoms with Crippen LogP contribution in [0.4, 0.5) is 0 Å². The Bertz CT molecular complexity index is 315. The van der Waals surface area contributed by atoms with Crippen molar-refractivity contribution in [2.45, 2.75) is 96.8 Å². The minimum Gasteiger partial charge on any atom is -0.469 e. The summed E-state index contributed by atoms with van der Waals surface area (Å²) >= 11 is 0. The normalized spacial score (nSPS) is 12.0. The zero-order valence-corrected chi connectivity index (χ0v) is 16.1. The predicted octanol–water partition coefficient (Wildman–Crippen LogP) is 5.43. The number of methoxy groups -OCH3 is 2. The molecular weight excluding hydrogens is 304 g/mol. The van der Waals surface area contributed by atoms with E-state index in [9.17, 15) is 9.59 Å². The van der Waals surface area contributed by atoms with Crippen LogP contribution < -0.4 is 0 Å². The molecule has 0 bridgehead atoms. The van der Waals surface area contributed by atoms with E-state index in [1.165, 1.54) is 65.6 Å². The van der Waals surface area contributed by atoms with Crippen molar-refractivity contribution in [3.8, 4) is 0 Å². The van der Waals surface area contributed by atoms with Gasteiger partial charge in [0.05, 0.1) is 14.2 Å². The lowest BCUT2D eigenvalue weighted by atomic mass is 9.95. The lowest BCUT2D eigenvalue weighted by molar-refractivity contribution is -0.142. The van der Waals surface area contributed by atoms with Crippen molar-refractivity contribution in [3.63, 3.8) is 0 Å². The SMILES string of the molecule is CCC(CCCCCCCCCCCCC(=O)OC)CC(=O)OC. The number of hydrogen-bond donors (Lipinski definition) is 0. The Morgan fingerprint density at radius 2 is 1.17 bits per heavy atom. The van der Waals surface area contributed by atoms with Crippen LogP contribution in [0.15, 0.2) is 0 Å². The third-order valence-electron chi connectivity index (χ3n) is 4.73. The van der Waals surface area contributed by atoms with E-state index in [0.29, 0.717) is 18.8 Å². The molecule has 0 saturated carbocycles. The first-order valence-electron chi connectivity index (χ1n) is 9.77. The average molecular weight is 343 g/mol. The fourth-order valence-electron chi connectivity index (χ4n) is 2.99. The zero-order valence-electron chi connectivity index (χ0n) is 16.1. The maximum atomic E-state index is 11.3. The molecular formula is C20H38O4. The summed E-state index contributed by atoms with van der Waals surface area (Å²) in [5.41, 5.74) is 0. The predicted molar refractivity (Wildman–Crippen MR) is 97.8 cm³/mol. The highest BCUT2D eigenvalue weighted by atomic mass is 16.5. The van der Waals surface area contributed by atoms with Crippen molar-refractivity contribution in [2.75, 3.05) is 14.2 Å². The minimum atomic E-state index is -0.0908. The second-order valence-corrected chi connectivity index (χ2v) is 6.70. The molecule has 142 valence electrons. The van der Waals surface area contributed by atoms with E-state index >= 15 is 0 Å². The van der Waals surface area contributed by atoms with Crippen LogP contribution in [-0.4, -0.2) is 26.2 Å². The van der Waals surface area contributed by atoms with Crippen LogP contribution in [-0.2, 0) is 19.1 Å². The molecule has 0 rings (SSSR count). The molecule has 0 fully saturated rings. The highest BCUT2D eigenvalue weighted by molar-refractivity contribution is 5.69. The summed E-state index contributed by atoms with van der Waals surface area (Å²) in [6.07, 6.45) is 15.7. The highest BCUT2D eigenvalue weighted by Crippen LogP contribution is 2.19. The molecule has 0 aromatic heterocycles. The van der Waals surface area contributed by atoms with Gasteiger partial charge in [-0.05, 0) is 18.8 Å². The zero-order chi connectivity index (χ0) is 18.0. The Hall–Kier alpha value is -1.06. The first kappa shape index (κ1) is 22.9. The molecule has 1 unspecified atom stereocenters. The summed E-state index contributed by atoms with van der Waals surface area (Å²) in [4.78, 5) is 22.2. The van der Waals surface area contributed by atoms with Gasteiger partial charge in [0, 0.05) is 12.8 Å². The van der Waals surface area contributed by atoms with E-state index in [0.717, 1.165) is 25.7 Å². The van der Waals surface area contributed by atoms with E-state index < -0.39 is 0 Å². The maximum Gasteiger partial charge on any atom is 0.305 e. The molecule has 0 amide bonds. The number of rotatable bonds is 16. The molecule has 0 aliphatic heterocycles. The third-order valence-corrected chi connectivity index (χ3v) is 4.73. The summed E-state index contributed by atoms with van der Waals surface area (Å²) in [6, 6.07) is 0. The Balaban J connectivity index is 3.30. The standard InChI is InChI=1S/C20H38O4/c1-4-18(17-20(22)24-3)15-13-11-9-7-5-6-8-10-12-14-16-19(21)23-2/h18H,4-17H2,1-3H3. The Morgan fingerprint density at radius 1 is 0.708 bits per heavy atom. The van der Waals surface area contributed by atoms with Crippen molar-refractivity contribution in [3.05, 3.63) is 0 Å². The molecule has 0 aromatic rings. The summed E-state index contributed by atoms with van der Waals surface area (Å²) in [6.45, 7) is 2.15. The van der Waals surface area contributed by atoms with Gasteiger partial charge in [0.1, 0.15) is 0 Å². The second-order valence-electron chi connectivity index (χ2n) is 6.70. The molecule has 0 aromatic carbocycles. The van der Waals surface area contributed by atoms with Gasteiger partial charge in [0.25, 0.3) is 0 Å². The minimum absolute atomic E-state index is 0.0755. The Labute approximate surface area is 148 Å². The number of ether oxygens (including phenoxy) is 2. The Morgan fingerprint density at radius 3 is 1.62 bits per heavy atom. The van der Waals surface area contributed by atoms with E-state index in [1.54, 1.807) is 0 Å². The average Bonchev–Trinajstić information content (AvgIpc) is 2.60. The molecule has 0 aliphatic carbocycles. The Kier molecular flexibility index (Phi) is 16.0. The van der Waals surface area contributed by atoms with Crippen molar-refractivity contribution in [2.24, 2.45) is 5.92 Å². The quantitative estimate of drug-likeness (QED) is 0.277. The molecule has 0 saturated heterocycles. The van der Waals surface area contributed by atoms with Crippen LogP contribution in [0.1, 0.15) is 96.8 Å². The number of carbonyl (C=O) groups is 2. The number of esters is 2. The number of hydrogen-bond acceptors (Lipinski definition) is 4. The van der Waals surface area contributed by atoms with Crippen LogP contribution in [0.2, 0.25) is 0 Å². The topological polar surface area (TPSA) is 52.6 Å². The monoisotopic (exact) mass is 342 g/mol. The largest absolute Gasteiger partial charge is 0.469 e. The van der Waals surface area contributed by atoms with Crippen molar-refractivity contribution < 1.29 is 19.1 Å². The van der Waals surface area contributed by atoms with Gasteiger partial charge < -0.3 is 9.47 Å². The second kappa shape index (κ2) is 16.8. The first-order chi connectivity index (χ1) is 11.6. The van der Waals surface area contributed by atoms with Crippen molar-refractivity contribution in [1.29, 1.82) is 0 Å². The van der Waals surface area contributed by atoms with E-state index in [2.05, 4.69) is 11.7 Å². The van der Waals surface area contributed by atoms with E-state index in [4.69, 9.17) is 4.74 Å². The van der Waals surface area contributed by atoms with Crippen molar-refractivity contribution in [1.82, 2.24) is 0 Å². The van der Waals surface area contributed by atoms with E-state index in [-0.39, 0.29) is 11.9 Å². The molecule has 0 heterocycles. The van der Waals surface area contributed by atoms with Crippen molar-refractivity contribution >= 4 is 11.9 Å².